The van der Waals surface area contributed by atoms with Crippen LogP contribution < -0.4 is 9.46 Å². The molecular formula is C19H17N3O3S2. The lowest BCUT2D eigenvalue weighted by molar-refractivity contribution is 0.414. The second-order valence-electron chi connectivity index (χ2n) is 6.01. The zero-order chi connectivity index (χ0) is 19.0. The van der Waals surface area contributed by atoms with Gasteiger partial charge in [-0.2, -0.15) is 0 Å². The third kappa shape index (κ3) is 3.41. The van der Waals surface area contributed by atoms with Gasteiger partial charge in [0.2, 0.25) is 0 Å². The summed E-state index contributed by atoms with van der Waals surface area (Å²) in [6, 6.07) is 13.4. The maximum atomic E-state index is 12.5. The summed E-state index contributed by atoms with van der Waals surface area (Å²) in [5.41, 5.74) is 3.41. The number of imidazole rings is 1. The second kappa shape index (κ2) is 6.71. The van der Waals surface area contributed by atoms with Crippen LogP contribution >= 0.6 is 11.3 Å². The van der Waals surface area contributed by atoms with E-state index in [1.54, 1.807) is 35.6 Å². The number of aryl methyl sites for hydroxylation is 1. The standard InChI is InChI=1S/C19H17N3O3S2/c1-13-12-26-19-20-18(11-22(13)19)14-3-5-15(6-4-14)21-27(23,24)17-9-7-16(25-2)8-10-17/h3-12,21H,1-2H3. The predicted molar refractivity (Wildman–Crippen MR) is 107 cm³/mol. The Labute approximate surface area is 161 Å². The molecule has 0 unspecified atom stereocenters. The Morgan fingerprint density at radius 3 is 2.41 bits per heavy atom. The van der Waals surface area contributed by atoms with Gasteiger partial charge in [-0.25, -0.2) is 13.4 Å². The van der Waals surface area contributed by atoms with Crippen LogP contribution in [0.3, 0.4) is 0 Å². The highest BCUT2D eigenvalue weighted by Gasteiger charge is 2.14. The maximum absolute atomic E-state index is 12.5. The van der Waals surface area contributed by atoms with Crippen LogP contribution in [0.4, 0.5) is 5.69 Å². The van der Waals surface area contributed by atoms with E-state index < -0.39 is 10.0 Å². The van der Waals surface area contributed by atoms with Gasteiger partial charge in [0.1, 0.15) is 5.75 Å². The molecule has 8 heteroatoms. The Bertz CT molecular complexity index is 1190. The van der Waals surface area contributed by atoms with Gasteiger partial charge in [-0.05, 0) is 43.3 Å². The molecule has 2 aromatic carbocycles. The number of benzene rings is 2. The van der Waals surface area contributed by atoms with Crippen LogP contribution in [0.25, 0.3) is 16.2 Å². The fraction of sp³-hybridized carbons (Fsp3) is 0.105. The van der Waals surface area contributed by atoms with Crippen LogP contribution in [0.1, 0.15) is 5.69 Å². The Morgan fingerprint density at radius 2 is 1.78 bits per heavy atom. The average molecular weight is 399 g/mol. The number of anilines is 1. The molecule has 0 fully saturated rings. The minimum absolute atomic E-state index is 0.178. The highest BCUT2D eigenvalue weighted by Crippen LogP contribution is 2.25. The third-order valence-electron chi connectivity index (χ3n) is 4.19. The van der Waals surface area contributed by atoms with Crippen molar-refractivity contribution in [3.8, 4) is 17.0 Å². The molecule has 2 aromatic heterocycles. The molecule has 6 nitrogen and oxygen atoms in total. The number of sulfonamides is 1. The van der Waals surface area contributed by atoms with Crippen LogP contribution in [-0.4, -0.2) is 24.9 Å². The summed E-state index contributed by atoms with van der Waals surface area (Å²) < 4.78 is 34.7. The number of ether oxygens (including phenoxy) is 1. The second-order valence-corrected chi connectivity index (χ2v) is 8.53. The monoisotopic (exact) mass is 399 g/mol. The summed E-state index contributed by atoms with van der Waals surface area (Å²) in [5.74, 6) is 0.605. The van der Waals surface area contributed by atoms with Crippen LogP contribution in [0.15, 0.2) is 65.0 Å². The van der Waals surface area contributed by atoms with E-state index in [9.17, 15) is 8.42 Å². The largest absolute Gasteiger partial charge is 0.497 e. The van der Waals surface area contributed by atoms with Gasteiger partial charge in [-0.15, -0.1) is 11.3 Å². The highest BCUT2D eigenvalue weighted by atomic mass is 32.2. The molecule has 0 amide bonds. The number of hydrogen-bond acceptors (Lipinski definition) is 5. The summed E-state index contributed by atoms with van der Waals surface area (Å²) in [4.78, 5) is 5.72. The average Bonchev–Trinajstić information content (AvgIpc) is 3.24. The first kappa shape index (κ1) is 17.6. The lowest BCUT2D eigenvalue weighted by Gasteiger charge is -2.09. The Balaban J connectivity index is 1.56. The van der Waals surface area contributed by atoms with Crippen molar-refractivity contribution >= 4 is 32.0 Å². The van der Waals surface area contributed by atoms with Gasteiger partial charge >= 0.3 is 0 Å². The fourth-order valence-corrected chi connectivity index (χ4v) is 4.62. The molecule has 138 valence electrons. The first-order chi connectivity index (χ1) is 13.0. The molecule has 0 saturated heterocycles. The molecule has 0 aliphatic carbocycles. The smallest absolute Gasteiger partial charge is 0.261 e. The van der Waals surface area contributed by atoms with Crippen molar-refractivity contribution in [3.05, 3.63) is 65.8 Å². The number of methoxy groups -OCH3 is 1. The lowest BCUT2D eigenvalue weighted by atomic mass is 10.1. The quantitative estimate of drug-likeness (QED) is 0.546. The Hall–Kier alpha value is -2.84. The number of nitrogens with one attached hydrogen (secondary N) is 1. The van der Waals surface area contributed by atoms with E-state index in [2.05, 4.69) is 15.1 Å². The van der Waals surface area contributed by atoms with Crippen molar-refractivity contribution in [1.29, 1.82) is 0 Å². The zero-order valence-electron chi connectivity index (χ0n) is 14.7. The van der Waals surface area contributed by atoms with Gasteiger partial charge in [0.15, 0.2) is 4.96 Å². The molecule has 0 aliphatic rings. The van der Waals surface area contributed by atoms with E-state index in [1.165, 1.54) is 19.2 Å². The van der Waals surface area contributed by atoms with Crippen molar-refractivity contribution in [1.82, 2.24) is 9.38 Å². The normalized spacial score (nSPS) is 11.6. The molecule has 1 N–H and O–H groups in total. The fourth-order valence-electron chi connectivity index (χ4n) is 2.71. The van der Waals surface area contributed by atoms with Gasteiger partial charge in [-0.1, -0.05) is 12.1 Å². The number of rotatable bonds is 5. The van der Waals surface area contributed by atoms with Crippen molar-refractivity contribution in [2.24, 2.45) is 0 Å². The predicted octanol–water partition coefficient (Wildman–Crippen LogP) is 4.18. The minimum Gasteiger partial charge on any atom is -0.497 e. The summed E-state index contributed by atoms with van der Waals surface area (Å²) in [7, 11) is -2.12. The SMILES string of the molecule is COc1ccc(S(=O)(=O)Nc2ccc(-c3cn4c(C)csc4n3)cc2)cc1. The van der Waals surface area contributed by atoms with Gasteiger partial charge in [0.05, 0.1) is 17.7 Å². The number of nitrogens with zero attached hydrogens (tertiary/aromatic N) is 2. The number of fused-ring (bicyclic) bond motifs is 1. The van der Waals surface area contributed by atoms with Crippen LogP contribution in [-0.2, 0) is 10.0 Å². The number of hydrogen-bond donors (Lipinski definition) is 1. The topological polar surface area (TPSA) is 72.7 Å². The zero-order valence-corrected chi connectivity index (χ0v) is 16.3. The number of aromatic nitrogens is 2. The molecule has 4 aromatic rings. The van der Waals surface area contributed by atoms with E-state index in [1.807, 2.05) is 29.7 Å². The van der Waals surface area contributed by atoms with Crippen molar-refractivity contribution < 1.29 is 13.2 Å². The first-order valence-corrected chi connectivity index (χ1v) is 10.5. The van der Waals surface area contributed by atoms with E-state index in [4.69, 9.17) is 4.74 Å². The molecule has 0 bridgehead atoms. The molecule has 0 radical (unpaired) electrons. The summed E-state index contributed by atoms with van der Waals surface area (Å²) >= 11 is 1.59. The van der Waals surface area contributed by atoms with E-state index in [-0.39, 0.29) is 4.90 Å². The van der Waals surface area contributed by atoms with Crippen molar-refractivity contribution in [3.63, 3.8) is 0 Å². The number of thiazole rings is 1. The van der Waals surface area contributed by atoms with Crippen LogP contribution in [0.2, 0.25) is 0 Å². The van der Waals surface area contributed by atoms with E-state index in [0.29, 0.717) is 11.4 Å². The van der Waals surface area contributed by atoms with E-state index >= 15 is 0 Å². The van der Waals surface area contributed by atoms with Gasteiger partial charge < -0.3 is 4.74 Å². The molecule has 0 saturated carbocycles. The Morgan fingerprint density at radius 1 is 1.07 bits per heavy atom. The van der Waals surface area contributed by atoms with Crippen LogP contribution in [0, 0.1) is 6.92 Å². The molecule has 2 heterocycles. The van der Waals surface area contributed by atoms with Crippen molar-refractivity contribution in [2.45, 2.75) is 11.8 Å². The first-order valence-electron chi connectivity index (χ1n) is 8.17. The highest BCUT2D eigenvalue weighted by molar-refractivity contribution is 7.92. The Kier molecular flexibility index (Phi) is 4.37. The van der Waals surface area contributed by atoms with Gasteiger partial charge in [-0.3, -0.25) is 9.12 Å². The molecule has 0 spiro atoms. The molecule has 0 aliphatic heterocycles. The third-order valence-corrected chi connectivity index (χ3v) is 6.55. The molecule has 0 atom stereocenters. The van der Waals surface area contributed by atoms with Gasteiger partial charge in [0, 0.05) is 28.5 Å². The molecule has 27 heavy (non-hydrogen) atoms. The summed E-state index contributed by atoms with van der Waals surface area (Å²) in [5, 5.41) is 2.06. The minimum atomic E-state index is -3.66. The lowest BCUT2D eigenvalue weighted by Crippen LogP contribution is -2.12. The molecular weight excluding hydrogens is 382 g/mol. The summed E-state index contributed by atoms with van der Waals surface area (Å²) in [6.45, 7) is 2.03. The summed E-state index contributed by atoms with van der Waals surface area (Å²) in [6.07, 6.45) is 1.98. The molecule has 4 rings (SSSR count). The maximum Gasteiger partial charge on any atom is 0.261 e. The van der Waals surface area contributed by atoms with Gasteiger partial charge in [0.25, 0.3) is 10.0 Å². The van der Waals surface area contributed by atoms with Crippen molar-refractivity contribution in [2.75, 3.05) is 11.8 Å². The van der Waals surface area contributed by atoms with Crippen LogP contribution in [0.5, 0.6) is 5.75 Å². The van der Waals surface area contributed by atoms with E-state index in [0.717, 1.165) is 21.9 Å².